The van der Waals surface area contributed by atoms with E-state index in [2.05, 4.69) is 118 Å². The van der Waals surface area contributed by atoms with E-state index in [1.54, 1.807) is 0 Å². The predicted molar refractivity (Wildman–Crippen MR) is 306 cm³/mol. The molecule has 0 bridgehead atoms. The van der Waals surface area contributed by atoms with Crippen LogP contribution < -0.4 is 0 Å². The number of allylic oxidation sites excluding steroid dienone is 16. The van der Waals surface area contributed by atoms with Gasteiger partial charge in [0.25, 0.3) is 0 Å². The van der Waals surface area contributed by atoms with Crippen molar-refractivity contribution in [3.63, 3.8) is 0 Å². The van der Waals surface area contributed by atoms with Crippen LogP contribution in [0.2, 0.25) is 0 Å². The molecule has 0 radical (unpaired) electrons. The van der Waals surface area contributed by atoms with E-state index in [-0.39, 0.29) is 25.2 Å². The van der Waals surface area contributed by atoms with E-state index in [0.717, 1.165) is 109 Å². The standard InChI is InChI=1S/C65H112O5/c1-4-7-10-13-16-19-22-25-28-31-32-33-36-39-42-45-48-51-54-57-60-68-61-63(70-65(67)59-56-53-50-47-44-41-38-35-30-27-24-21-18-15-12-9-6-3)62-69-64(66)58-55-52-49-46-43-40-37-34-29-26-23-20-17-14-11-8-5-2/h8-9,11-12,16-21,25-30,63H,4-7,10,13-15,22-24,31-62H2,1-3H3/b11-8-,12-9-,19-16-,20-17-,21-18-,28-25-,29-26-,30-27-. The van der Waals surface area contributed by atoms with E-state index in [9.17, 15) is 9.59 Å². The molecule has 0 heterocycles. The first-order chi connectivity index (χ1) is 34.6. The predicted octanol–water partition coefficient (Wildman–Crippen LogP) is 20.6. The second-order valence-corrected chi connectivity index (χ2v) is 19.5. The molecule has 0 N–H and O–H groups in total. The van der Waals surface area contributed by atoms with E-state index in [4.69, 9.17) is 14.2 Å². The SMILES string of the molecule is CC/C=C\C/C=C\C/C=C\CCCCCCCCCC(=O)OCC(COCCCCCCCCCCCC/C=C\C/C=C\CCCCC)OC(=O)CCCCCCCCC/C=C\C/C=C\C/C=C\CC. The lowest BCUT2D eigenvalue weighted by atomic mass is 10.1. The average Bonchev–Trinajstić information content (AvgIpc) is 3.36. The molecule has 0 aromatic carbocycles. The molecule has 0 aliphatic carbocycles. The van der Waals surface area contributed by atoms with Gasteiger partial charge < -0.3 is 14.2 Å². The van der Waals surface area contributed by atoms with Crippen LogP contribution in [0.4, 0.5) is 0 Å². The first-order valence-electron chi connectivity index (χ1n) is 29.8. The number of rotatable bonds is 54. The second-order valence-electron chi connectivity index (χ2n) is 19.5. The molecule has 0 aromatic heterocycles. The third-order valence-corrected chi connectivity index (χ3v) is 12.6. The fourth-order valence-electron chi connectivity index (χ4n) is 8.22. The first kappa shape index (κ1) is 66.8. The van der Waals surface area contributed by atoms with Crippen LogP contribution in [0.1, 0.15) is 278 Å². The number of carbonyl (C=O) groups excluding carboxylic acids is 2. The number of esters is 2. The number of hydrogen-bond acceptors (Lipinski definition) is 5. The minimum Gasteiger partial charge on any atom is -0.462 e. The molecule has 0 aromatic rings. The summed E-state index contributed by atoms with van der Waals surface area (Å²) < 4.78 is 17.5. The summed E-state index contributed by atoms with van der Waals surface area (Å²) in [5.74, 6) is -0.417. The maximum absolute atomic E-state index is 12.9. The van der Waals surface area contributed by atoms with Gasteiger partial charge in [0.1, 0.15) is 6.61 Å². The Morgan fingerprint density at radius 2 is 0.643 bits per heavy atom. The van der Waals surface area contributed by atoms with E-state index in [0.29, 0.717) is 19.4 Å². The molecule has 0 amide bonds. The van der Waals surface area contributed by atoms with Crippen molar-refractivity contribution in [2.45, 2.75) is 284 Å². The summed E-state index contributed by atoms with van der Waals surface area (Å²) in [5.41, 5.74) is 0. The van der Waals surface area contributed by atoms with Gasteiger partial charge in [-0.15, -0.1) is 0 Å². The Bertz CT molecular complexity index is 1330. The van der Waals surface area contributed by atoms with Gasteiger partial charge in [0.05, 0.1) is 6.61 Å². The quantitative estimate of drug-likeness (QED) is 0.0345. The Morgan fingerprint density at radius 3 is 1.03 bits per heavy atom. The number of ether oxygens (including phenoxy) is 3. The fraction of sp³-hybridized carbons (Fsp3) is 0.723. The van der Waals surface area contributed by atoms with Gasteiger partial charge in [0.2, 0.25) is 0 Å². The van der Waals surface area contributed by atoms with Crippen LogP contribution in [0.5, 0.6) is 0 Å². The third kappa shape index (κ3) is 57.4. The van der Waals surface area contributed by atoms with Crippen LogP contribution >= 0.6 is 0 Å². The molecule has 1 unspecified atom stereocenters. The van der Waals surface area contributed by atoms with Crippen molar-refractivity contribution >= 4 is 11.9 Å². The third-order valence-electron chi connectivity index (χ3n) is 12.6. The molecule has 0 aliphatic rings. The van der Waals surface area contributed by atoms with Crippen molar-refractivity contribution in [1.29, 1.82) is 0 Å². The van der Waals surface area contributed by atoms with Crippen LogP contribution in [0.3, 0.4) is 0 Å². The van der Waals surface area contributed by atoms with Gasteiger partial charge >= 0.3 is 11.9 Å². The summed E-state index contributed by atoms with van der Waals surface area (Å²) >= 11 is 0. The average molecular weight is 974 g/mol. The molecule has 0 saturated carbocycles. The summed E-state index contributed by atoms with van der Waals surface area (Å²) in [5, 5.41) is 0. The zero-order valence-corrected chi connectivity index (χ0v) is 46.3. The summed E-state index contributed by atoms with van der Waals surface area (Å²) in [6.45, 7) is 7.58. The Labute approximate surface area is 434 Å². The first-order valence-corrected chi connectivity index (χ1v) is 29.8. The maximum Gasteiger partial charge on any atom is 0.306 e. The highest BCUT2D eigenvalue weighted by molar-refractivity contribution is 5.70. The molecule has 0 spiro atoms. The highest BCUT2D eigenvalue weighted by atomic mass is 16.6. The smallest absolute Gasteiger partial charge is 0.306 e. The molecular formula is C65H112O5. The maximum atomic E-state index is 12.9. The molecule has 0 aliphatic heterocycles. The van der Waals surface area contributed by atoms with Crippen molar-refractivity contribution in [1.82, 2.24) is 0 Å². The van der Waals surface area contributed by atoms with E-state index in [1.807, 2.05) is 0 Å². The summed E-state index contributed by atoms with van der Waals surface area (Å²) in [6.07, 6.45) is 81.4. The Hall–Kier alpha value is -3.18. The topological polar surface area (TPSA) is 61.8 Å². The molecule has 0 rings (SSSR count). The van der Waals surface area contributed by atoms with Gasteiger partial charge in [-0.2, -0.15) is 0 Å². The lowest BCUT2D eigenvalue weighted by Crippen LogP contribution is -2.30. The van der Waals surface area contributed by atoms with Gasteiger partial charge in [-0.3, -0.25) is 9.59 Å². The van der Waals surface area contributed by atoms with Crippen molar-refractivity contribution in [3.8, 4) is 0 Å². The van der Waals surface area contributed by atoms with Crippen molar-refractivity contribution in [3.05, 3.63) is 97.2 Å². The van der Waals surface area contributed by atoms with Crippen LogP contribution in [0.15, 0.2) is 97.2 Å². The lowest BCUT2D eigenvalue weighted by Gasteiger charge is -2.18. The molecule has 5 nitrogen and oxygen atoms in total. The largest absolute Gasteiger partial charge is 0.462 e. The van der Waals surface area contributed by atoms with Crippen molar-refractivity contribution < 1.29 is 23.8 Å². The van der Waals surface area contributed by atoms with Crippen LogP contribution in [0.25, 0.3) is 0 Å². The van der Waals surface area contributed by atoms with Crippen molar-refractivity contribution in [2.75, 3.05) is 19.8 Å². The Balaban J connectivity index is 4.31. The number of hydrogen-bond donors (Lipinski definition) is 0. The van der Waals surface area contributed by atoms with Gasteiger partial charge in [-0.25, -0.2) is 0 Å². The molecular weight excluding hydrogens is 861 g/mol. The second kappa shape index (κ2) is 60.1. The van der Waals surface area contributed by atoms with Gasteiger partial charge in [-0.1, -0.05) is 246 Å². The zero-order valence-electron chi connectivity index (χ0n) is 46.3. The zero-order chi connectivity index (χ0) is 50.6. The van der Waals surface area contributed by atoms with E-state index < -0.39 is 6.10 Å². The van der Waals surface area contributed by atoms with Crippen molar-refractivity contribution in [2.24, 2.45) is 0 Å². The molecule has 70 heavy (non-hydrogen) atoms. The van der Waals surface area contributed by atoms with E-state index >= 15 is 0 Å². The molecule has 1 atom stereocenters. The highest BCUT2D eigenvalue weighted by Crippen LogP contribution is 2.15. The monoisotopic (exact) mass is 973 g/mol. The Kier molecular flexibility index (Phi) is 57.4. The normalized spacial score (nSPS) is 12.9. The number of unbranched alkanes of at least 4 members (excludes halogenated alkanes) is 27. The van der Waals surface area contributed by atoms with Crippen LogP contribution in [0, 0.1) is 0 Å². The highest BCUT2D eigenvalue weighted by Gasteiger charge is 2.17. The summed E-state index contributed by atoms with van der Waals surface area (Å²) in [7, 11) is 0. The molecule has 402 valence electrons. The minimum absolute atomic E-state index is 0.0711. The Morgan fingerprint density at radius 1 is 0.329 bits per heavy atom. The molecule has 0 fully saturated rings. The van der Waals surface area contributed by atoms with Gasteiger partial charge in [0, 0.05) is 19.4 Å². The lowest BCUT2D eigenvalue weighted by molar-refractivity contribution is -0.163. The van der Waals surface area contributed by atoms with Crippen LogP contribution in [-0.4, -0.2) is 37.9 Å². The van der Waals surface area contributed by atoms with Gasteiger partial charge in [-0.05, 0) is 116 Å². The number of carbonyl (C=O) groups is 2. The van der Waals surface area contributed by atoms with E-state index in [1.165, 1.54) is 135 Å². The van der Waals surface area contributed by atoms with Gasteiger partial charge in [0.15, 0.2) is 6.10 Å². The minimum atomic E-state index is -0.554. The fourth-order valence-corrected chi connectivity index (χ4v) is 8.22. The molecule has 0 saturated heterocycles. The summed E-state index contributed by atoms with van der Waals surface area (Å²) in [4.78, 5) is 25.6. The van der Waals surface area contributed by atoms with Crippen LogP contribution in [-0.2, 0) is 23.8 Å². The molecule has 5 heteroatoms. The summed E-state index contributed by atoms with van der Waals surface area (Å²) in [6, 6.07) is 0.